The number of aromatic nitrogens is 1. The molecule has 2 aromatic heterocycles. The van der Waals surface area contributed by atoms with Crippen LogP contribution in [0.15, 0.2) is 64.1 Å². The van der Waals surface area contributed by atoms with Gasteiger partial charge in [0, 0.05) is 34.2 Å². The van der Waals surface area contributed by atoms with E-state index in [1.807, 2.05) is 63.2 Å². The Kier molecular flexibility index (Phi) is 5.91. The van der Waals surface area contributed by atoms with E-state index in [0.717, 1.165) is 28.6 Å². The molecule has 4 aromatic rings. The van der Waals surface area contributed by atoms with Gasteiger partial charge in [-0.25, -0.2) is 15.2 Å². The first-order chi connectivity index (χ1) is 16.9. The van der Waals surface area contributed by atoms with Crippen LogP contribution >= 0.6 is 0 Å². The Morgan fingerprint density at radius 1 is 1.00 bits per heavy atom. The van der Waals surface area contributed by atoms with E-state index in [1.165, 1.54) is 0 Å². The largest absolute Gasteiger partial charge is 0.453 e. The van der Waals surface area contributed by atoms with E-state index in [2.05, 4.69) is 15.5 Å². The molecule has 0 bridgehead atoms. The van der Waals surface area contributed by atoms with Crippen molar-refractivity contribution in [3.05, 3.63) is 94.1 Å². The number of fused-ring (bicyclic) bond motifs is 2. The summed E-state index contributed by atoms with van der Waals surface area (Å²) < 4.78 is 11.7. The summed E-state index contributed by atoms with van der Waals surface area (Å²) in [6.45, 7) is 5.58. The highest BCUT2D eigenvalue weighted by molar-refractivity contribution is 6.07. The number of nitrogens with zero attached hydrogens (tertiary/aromatic N) is 2. The number of hydrogen-bond acceptors (Lipinski definition) is 6. The van der Waals surface area contributed by atoms with Crippen molar-refractivity contribution in [2.75, 3.05) is 0 Å². The van der Waals surface area contributed by atoms with Gasteiger partial charge in [-0.2, -0.15) is 5.10 Å². The van der Waals surface area contributed by atoms with E-state index in [-0.39, 0.29) is 11.7 Å². The van der Waals surface area contributed by atoms with Gasteiger partial charge in [-0.15, -0.1) is 0 Å². The van der Waals surface area contributed by atoms with Gasteiger partial charge in [0.15, 0.2) is 5.75 Å². The molecule has 176 valence electrons. The van der Waals surface area contributed by atoms with Crippen LogP contribution in [-0.4, -0.2) is 22.6 Å². The lowest BCUT2D eigenvalue weighted by Crippen LogP contribution is -2.22. The third-order valence-corrected chi connectivity index (χ3v) is 6.22. The van der Waals surface area contributed by atoms with E-state index < -0.39 is 5.97 Å². The van der Waals surface area contributed by atoms with Crippen molar-refractivity contribution in [2.45, 2.75) is 40.0 Å². The van der Waals surface area contributed by atoms with Gasteiger partial charge >= 0.3 is 5.97 Å². The second-order valence-electron chi connectivity index (χ2n) is 8.69. The Labute approximate surface area is 202 Å². The molecule has 0 spiro atoms. The molecule has 0 unspecified atom stereocenters. The molecule has 1 aliphatic rings. The third kappa shape index (κ3) is 4.33. The number of benzene rings is 2. The van der Waals surface area contributed by atoms with E-state index in [4.69, 9.17) is 9.15 Å². The van der Waals surface area contributed by atoms with Crippen molar-refractivity contribution in [2.24, 2.45) is 5.10 Å². The summed E-state index contributed by atoms with van der Waals surface area (Å²) in [6.07, 6.45) is 2.16. The minimum atomic E-state index is -0.587. The van der Waals surface area contributed by atoms with Crippen LogP contribution in [-0.2, 0) is 6.42 Å². The fourth-order valence-corrected chi connectivity index (χ4v) is 4.43. The molecule has 0 fully saturated rings. The number of aryl methyl sites for hydroxylation is 3. The second kappa shape index (κ2) is 9.18. The number of hydrazone groups is 1. The molecule has 0 radical (unpaired) electrons. The number of esters is 1. The molecule has 7 nitrogen and oxygen atoms in total. The van der Waals surface area contributed by atoms with Crippen LogP contribution < -0.4 is 10.2 Å². The topological polar surface area (TPSA) is 93.8 Å². The Morgan fingerprint density at radius 3 is 2.66 bits per heavy atom. The standard InChI is InChI=1S/C28H25N3O4/c1-16-8-4-5-10-20(16)27(32)31-30-21-11-7-12-22-24(21)18(3)26(34-22)28(33)35-23-13-6-9-19-15-14-17(2)29-25(19)23/h4-6,8-10,13-15H,7,11-12H2,1-3H3,(H,31,32)/b30-21+. The van der Waals surface area contributed by atoms with Gasteiger partial charge < -0.3 is 9.15 Å². The zero-order chi connectivity index (χ0) is 24.5. The number of furan rings is 1. The Balaban J connectivity index is 1.42. The number of nitrogens with one attached hydrogen (secondary N) is 1. The first-order valence-electron chi connectivity index (χ1n) is 11.6. The average Bonchev–Trinajstić information content (AvgIpc) is 3.20. The van der Waals surface area contributed by atoms with Crippen molar-refractivity contribution < 1.29 is 18.7 Å². The number of pyridine rings is 1. The number of carbonyl (C=O) groups is 2. The fourth-order valence-electron chi connectivity index (χ4n) is 4.43. The Morgan fingerprint density at radius 2 is 1.83 bits per heavy atom. The lowest BCUT2D eigenvalue weighted by atomic mass is 9.93. The molecule has 35 heavy (non-hydrogen) atoms. The van der Waals surface area contributed by atoms with E-state index in [9.17, 15) is 9.59 Å². The predicted molar refractivity (Wildman–Crippen MR) is 133 cm³/mol. The molecule has 0 saturated carbocycles. The normalized spacial score (nSPS) is 14.1. The monoisotopic (exact) mass is 467 g/mol. The zero-order valence-electron chi connectivity index (χ0n) is 19.8. The van der Waals surface area contributed by atoms with Gasteiger partial charge in [-0.1, -0.05) is 36.4 Å². The molecule has 7 heteroatoms. The SMILES string of the molecule is Cc1ccc2cccc(OC(=O)c3oc4c(c3C)/C(=N/NC(=O)c3ccccc3C)CCC4)c2n1. The molecule has 0 aliphatic heterocycles. The quantitative estimate of drug-likeness (QED) is 0.245. The first-order valence-corrected chi connectivity index (χ1v) is 11.6. The second-order valence-corrected chi connectivity index (χ2v) is 8.69. The van der Waals surface area contributed by atoms with Crippen LogP contribution in [0.5, 0.6) is 5.75 Å². The van der Waals surface area contributed by atoms with Crippen molar-refractivity contribution in [3.63, 3.8) is 0 Å². The highest BCUT2D eigenvalue weighted by Gasteiger charge is 2.29. The fraction of sp³-hybridized carbons (Fsp3) is 0.214. The van der Waals surface area contributed by atoms with Crippen LogP contribution in [0.3, 0.4) is 0 Å². The summed E-state index contributed by atoms with van der Waals surface area (Å²) in [7, 11) is 0. The van der Waals surface area contributed by atoms with Crippen molar-refractivity contribution >= 4 is 28.5 Å². The third-order valence-electron chi connectivity index (χ3n) is 6.22. The number of ether oxygens (including phenoxy) is 1. The lowest BCUT2D eigenvalue weighted by Gasteiger charge is -2.13. The minimum absolute atomic E-state index is 0.138. The Bertz CT molecular complexity index is 1500. The number of para-hydroxylation sites is 1. The molecule has 2 aromatic carbocycles. The Hall–Kier alpha value is -4.26. The van der Waals surface area contributed by atoms with Crippen LogP contribution in [0, 0.1) is 20.8 Å². The molecule has 1 amide bonds. The molecule has 1 N–H and O–H groups in total. The maximum Gasteiger partial charge on any atom is 0.380 e. The maximum absolute atomic E-state index is 13.1. The summed E-state index contributed by atoms with van der Waals surface area (Å²) in [5.41, 5.74) is 7.67. The molecular weight excluding hydrogens is 442 g/mol. The van der Waals surface area contributed by atoms with Crippen molar-refractivity contribution in [3.8, 4) is 5.75 Å². The molecule has 5 rings (SSSR count). The summed E-state index contributed by atoms with van der Waals surface area (Å²) in [6, 6.07) is 16.7. The molecule has 2 heterocycles. The van der Waals surface area contributed by atoms with Crippen LogP contribution in [0.1, 0.15) is 61.9 Å². The van der Waals surface area contributed by atoms with Gasteiger partial charge in [-0.05, 0) is 57.4 Å². The average molecular weight is 468 g/mol. The van der Waals surface area contributed by atoms with Crippen molar-refractivity contribution in [1.29, 1.82) is 0 Å². The lowest BCUT2D eigenvalue weighted by molar-refractivity contribution is 0.0700. The molecule has 0 atom stereocenters. The van der Waals surface area contributed by atoms with Crippen LogP contribution in [0.25, 0.3) is 10.9 Å². The number of hydrogen-bond donors (Lipinski definition) is 1. The van der Waals surface area contributed by atoms with Gasteiger partial charge in [0.05, 0.1) is 5.71 Å². The zero-order valence-corrected chi connectivity index (χ0v) is 19.8. The molecular formula is C28H25N3O4. The van der Waals surface area contributed by atoms with E-state index >= 15 is 0 Å². The predicted octanol–water partition coefficient (Wildman–Crippen LogP) is 5.44. The smallest absolute Gasteiger partial charge is 0.380 e. The van der Waals surface area contributed by atoms with Crippen molar-refractivity contribution in [1.82, 2.24) is 10.4 Å². The highest BCUT2D eigenvalue weighted by atomic mass is 16.5. The summed E-state index contributed by atoms with van der Waals surface area (Å²) >= 11 is 0. The molecule has 0 saturated heterocycles. The summed E-state index contributed by atoms with van der Waals surface area (Å²) in [5.74, 6) is 0.332. The first kappa shape index (κ1) is 22.5. The summed E-state index contributed by atoms with van der Waals surface area (Å²) in [5, 5.41) is 5.29. The highest BCUT2D eigenvalue weighted by Crippen LogP contribution is 2.31. The van der Waals surface area contributed by atoms with Crippen LogP contribution in [0.2, 0.25) is 0 Å². The van der Waals surface area contributed by atoms with Gasteiger partial charge in [0.2, 0.25) is 5.76 Å². The summed E-state index contributed by atoms with van der Waals surface area (Å²) in [4.78, 5) is 30.3. The number of amides is 1. The minimum Gasteiger partial charge on any atom is -0.453 e. The van der Waals surface area contributed by atoms with Crippen LogP contribution in [0.4, 0.5) is 0 Å². The number of rotatable bonds is 4. The number of carbonyl (C=O) groups excluding carboxylic acids is 2. The maximum atomic E-state index is 13.1. The van der Waals surface area contributed by atoms with Gasteiger partial charge in [0.25, 0.3) is 5.91 Å². The van der Waals surface area contributed by atoms with Gasteiger partial charge in [-0.3, -0.25) is 4.79 Å². The van der Waals surface area contributed by atoms with E-state index in [0.29, 0.717) is 46.7 Å². The molecule has 1 aliphatic carbocycles. The van der Waals surface area contributed by atoms with E-state index in [1.54, 1.807) is 12.1 Å². The van der Waals surface area contributed by atoms with Gasteiger partial charge in [0.1, 0.15) is 11.3 Å².